The first-order valence-electron chi connectivity index (χ1n) is 4.41. The average molecular weight is 187 g/mol. The maximum Gasteiger partial charge on any atom is 0.324 e. The first-order chi connectivity index (χ1) is 6.04. The first-order valence-corrected chi connectivity index (χ1v) is 4.41. The summed E-state index contributed by atoms with van der Waals surface area (Å²) in [5, 5.41) is 8.15. The molecule has 4 nitrogen and oxygen atoms in total. The predicted octanol–water partition coefficient (Wildman–Crippen LogP) is 2.21. The van der Waals surface area contributed by atoms with Crippen molar-refractivity contribution >= 4 is 0 Å². The van der Waals surface area contributed by atoms with E-state index < -0.39 is 5.79 Å². The van der Waals surface area contributed by atoms with Crippen LogP contribution in [-0.2, 0) is 14.5 Å². The summed E-state index contributed by atoms with van der Waals surface area (Å²) in [6.07, 6.45) is 2.07. The Morgan fingerprint density at radius 2 is 2.08 bits per heavy atom. The van der Waals surface area contributed by atoms with Crippen LogP contribution in [-0.4, -0.2) is 12.4 Å². The monoisotopic (exact) mass is 187 g/mol. The lowest BCUT2D eigenvalue weighted by atomic mass is 10.2. The fourth-order valence-electron chi connectivity index (χ4n) is 0.635. The Balaban J connectivity index is 3.89. The second-order valence-corrected chi connectivity index (χ2v) is 3.45. The van der Waals surface area contributed by atoms with E-state index in [2.05, 4.69) is 4.89 Å². The van der Waals surface area contributed by atoms with Gasteiger partial charge in [0.2, 0.25) is 5.79 Å². The van der Waals surface area contributed by atoms with Gasteiger partial charge >= 0.3 is 6.26 Å². The highest BCUT2D eigenvalue weighted by atomic mass is 17.2. The third kappa shape index (κ3) is 5.45. The van der Waals surface area contributed by atoms with Crippen molar-refractivity contribution in [3.05, 3.63) is 0 Å². The molecule has 0 amide bonds. The third-order valence-corrected chi connectivity index (χ3v) is 1.62. The van der Waals surface area contributed by atoms with E-state index in [0.717, 1.165) is 0 Å². The summed E-state index contributed by atoms with van der Waals surface area (Å²) in [6, 6.07) is 0. The smallest absolute Gasteiger partial charge is 0.324 e. The molecule has 0 bridgehead atoms. The van der Waals surface area contributed by atoms with Crippen LogP contribution in [0.2, 0.25) is 0 Å². The van der Waals surface area contributed by atoms with Gasteiger partial charge in [0, 0.05) is 6.42 Å². The summed E-state index contributed by atoms with van der Waals surface area (Å²) in [7, 11) is 0. The molecule has 0 N–H and O–H groups in total. The molecule has 0 heterocycles. The van der Waals surface area contributed by atoms with Gasteiger partial charge < -0.3 is 4.74 Å². The number of rotatable bonds is 6. The molecule has 0 rings (SSSR count). The lowest BCUT2D eigenvalue weighted by Crippen LogP contribution is -2.32. The van der Waals surface area contributed by atoms with Crippen molar-refractivity contribution in [2.24, 2.45) is 5.92 Å². The molecule has 0 aromatic carbocycles. The minimum absolute atomic E-state index is 0.427. The maximum absolute atomic E-state index is 8.15. The topological polar surface area (TPSA) is 51.5 Å². The van der Waals surface area contributed by atoms with E-state index >= 15 is 0 Å². The Morgan fingerprint density at radius 3 is 2.46 bits per heavy atom. The second-order valence-electron chi connectivity index (χ2n) is 3.45. The largest absolute Gasteiger partial charge is 0.346 e. The molecule has 76 valence electrons. The fraction of sp³-hybridized carbons (Fsp3) is 0.889. The molecule has 0 spiro atoms. The SMILES string of the molecule is CCC(C)(OCC(C)C)OOC#N. The van der Waals surface area contributed by atoms with Crippen molar-refractivity contribution < 1.29 is 14.5 Å². The highest BCUT2D eigenvalue weighted by Crippen LogP contribution is 2.18. The summed E-state index contributed by atoms with van der Waals surface area (Å²) in [5.74, 6) is -0.392. The number of hydrogen-bond acceptors (Lipinski definition) is 4. The average Bonchev–Trinajstić information content (AvgIpc) is 2.11. The van der Waals surface area contributed by atoms with Gasteiger partial charge in [-0.2, -0.15) is 0 Å². The van der Waals surface area contributed by atoms with E-state index in [9.17, 15) is 0 Å². The minimum Gasteiger partial charge on any atom is -0.346 e. The molecule has 0 aliphatic heterocycles. The molecule has 0 aliphatic carbocycles. The zero-order chi connectivity index (χ0) is 10.3. The van der Waals surface area contributed by atoms with Gasteiger partial charge in [-0.25, -0.2) is 0 Å². The molecule has 0 saturated heterocycles. The van der Waals surface area contributed by atoms with Crippen LogP contribution in [0.3, 0.4) is 0 Å². The molecule has 4 heteroatoms. The van der Waals surface area contributed by atoms with Gasteiger partial charge in [0.15, 0.2) is 0 Å². The Morgan fingerprint density at radius 1 is 1.46 bits per heavy atom. The van der Waals surface area contributed by atoms with Crippen LogP contribution in [0.1, 0.15) is 34.1 Å². The zero-order valence-electron chi connectivity index (χ0n) is 8.66. The van der Waals surface area contributed by atoms with Crippen LogP contribution >= 0.6 is 0 Å². The van der Waals surface area contributed by atoms with Crippen LogP contribution in [0.15, 0.2) is 0 Å². The Bertz CT molecular complexity index is 176. The van der Waals surface area contributed by atoms with Gasteiger partial charge in [0.25, 0.3) is 0 Å². The minimum atomic E-state index is -0.819. The van der Waals surface area contributed by atoms with Gasteiger partial charge in [-0.05, 0) is 12.8 Å². The molecule has 1 unspecified atom stereocenters. The van der Waals surface area contributed by atoms with E-state index in [1.165, 1.54) is 6.26 Å². The van der Waals surface area contributed by atoms with Gasteiger partial charge in [-0.3, -0.25) is 4.89 Å². The quantitative estimate of drug-likeness (QED) is 0.277. The summed E-state index contributed by atoms with van der Waals surface area (Å²) >= 11 is 0. The number of hydrogen-bond donors (Lipinski definition) is 0. The lowest BCUT2D eigenvalue weighted by molar-refractivity contribution is -0.394. The molecule has 0 aliphatic rings. The van der Waals surface area contributed by atoms with Crippen LogP contribution in [0.4, 0.5) is 0 Å². The number of nitrogens with zero attached hydrogens (tertiary/aromatic N) is 1. The lowest BCUT2D eigenvalue weighted by Gasteiger charge is -2.25. The maximum atomic E-state index is 8.15. The Hall–Kier alpha value is -0.790. The van der Waals surface area contributed by atoms with Crippen LogP contribution in [0, 0.1) is 17.4 Å². The highest BCUT2D eigenvalue weighted by molar-refractivity contribution is 4.59. The van der Waals surface area contributed by atoms with E-state index in [1.807, 2.05) is 20.8 Å². The molecule has 0 radical (unpaired) electrons. The first kappa shape index (κ1) is 12.2. The second kappa shape index (κ2) is 5.79. The Kier molecular flexibility index (Phi) is 5.44. The number of nitriles is 1. The van der Waals surface area contributed by atoms with Crippen molar-refractivity contribution in [1.29, 1.82) is 5.26 Å². The van der Waals surface area contributed by atoms with E-state index in [-0.39, 0.29) is 0 Å². The van der Waals surface area contributed by atoms with Gasteiger partial charge in [-0.1, -0.05) is 20.8 Å². The zero-order valence-corrected chi connectivity index (χ0v) is 8.66. The molecule has 0 aromatic heterocycles. The molecule has 0 aromatic rings. The van der Waals surface area contributed by atoms with E-state index in [0.29, 0.717) is 18.9 Å². The van der Waals surface area contributed by atoms with Crippen molar-refractivity contribution in [2.45, 2.75) is 39.9 Å². The van der Waals surface area contributed by atoms with Crippen molar-refractivity contribution in [1.82, 2.24) is 0 Å². The summed E-state index contributed by atoms with van der Waals surface area (Å²) in [5.41, 5.74) is 0. The van der Waals surface area contributed by atoms with Crippen molar-refractivity contribution in [2.75, 3.05) is 6.61 Å². The molecule has 0 saturated carbocycles. The predicted molar refractivity (Wildman–Crippen MR) is 47.3 cm³/mol. The molecule has 1 atom stereocenters. The summed E-state index contributed by atoms with van der Waals surface area (Å²) < 4.78 is 5.44. The van der Waals surface area contributed by atoms with E-state index in [1.54, 1.807) is 6.92 Å². The molecule has 13 heavy (non-hydrogen) atoms. The van der Waals surface area contributed by atoms with Gasteiger partial charge in [0.1, 0.15) is 0 Å². The van der Waals surface area contributed by atoms with E-state index in [4.69, 9.17) is 14.9 Å². The Labute approximate surface area is 79.3 Å². The van der Waals surface area contributed by atoms with Crippen molar-refractivity contribution in [3.63, 3.8) is 0 Å². The molecular formula is C9H17NO3. The van der Waals surface area contributed by atoms with Crippen LogP contribution in [0.25, 0.3) is 0 Å². The normalized spacial score (nSPS) is 15.1. The standard InChI is InChI=1S/C9H17NO3/c1-5-9(4,13-12-7-10)11-6-8(2)3/h8H,5-6H2,1-4H3. The summed E-state index contributed by atoms with van der Waals surface area (Å²) in [6.45, 7) is 8.31. The van der Waals surface area contributed by atoms with Crippen molar-refractivity contribution in [3.8, 4) is 6.26 Å². The molecule has 0 fully saturated rings. The number of ether oxygens (including phenoxy) is 1. The molecular weight excluding hydrogens is 170 g/mol. The van der Waals surface area contributed by atoms with Gasteiger partial charge in [0.05, 0.1) is 6.61 Å². The van der Waals surface area contributed by atoms with Crippen LogP contribution in [0.5, 0.6) is 0 Å². The third-order valence-electron chi connectivity index (χ3n) is 1.62. The van der Waals surface area contributed by atoms with Crippen LogP contribution < -0.4 is 0 Å². The highest BCUT2D eigenvalue weighted by Gasteiger charge is 2.26. The summed E-state index contributed by atoms with van der Waals surface area (Å²) in [4.78, 5) is 9.00. The van der Waals surface area contributed by atoms with Gasteiger partial charge in [-0.15, -0.1) is 10.1 Å². The fourth-order valence-corrected chi connectivity index (χ4v) is 0.635.